The summed E-state index contributed by atoms with van der Waals surface area (Å²) >= 11 is 0. The van der Waals surface area contributed by atoms with Crippen LogP contribution in [0.5, 0.6) is 5.88 Å². The second-order valence-corrected chi connectivity index (χ2v) is 5.60. The van der Waals surface area contributed by atoms with E-state index in [4.69, 9.17) is 4.74 Å². The topological polar surface area (TPSA) is 103 Å². The van der Waals surface area contributed by atoms with E-state index < -0.39 is 4.92 Å². The zero-order valence-electron chi connectivity index (χ0n) is 14.8. The van der Waals surface area contributed by atoms with Crippen molar-refractivity contribution in [1.29, 1.82) is 0 Å². The first kappa shape index (κ1) is 18.0. The van der Waals surface area contributed by atoms with Crippen molar-refractivity contribution in [2.24, 2.45) is 5.10 Å². The molecule has 3 aromatic rings. The number of non-ortho nitro benzene ring substituents is 1. The Kier molecular flexibility index (Phi) is 5.36. The van der Waals surface area contributed by atoms with Gasteiger partial charge in [0.2, 0.25) is 5.88 Å². The summed E-state index contributed by atoms with van der Waals surface area (Å²) in [4.78, 5) is 19.3. The molecule has 3 rings (SSSR count). The molecule has 8 nitrogen and oxygen atoms in total. The predicted molar refractivity (Wildman–Crippen MR) is 103 cm³/mol. The Labute approximate surface area is 155 Å². The highest BCUT2D eigenvalue weighted by Gasteiger charge is 2.09. The minimum absolute atomic E-state index is 0.0112. The molecule has 0 aliphatic heterocycles. The van der Waals surface area contributed by atoms with Crippen molar-refractivity contribution >= 4 is 17.2 Å². The Morgan fingerprint density at radius 3 is 2.59 bits per heavy atom. The van der Waals surface area contributed by atoms with Gasteiger partial charge in [0.05, 0.1) is 17.7 Å². The van der Waals surface area contributed by atoms with Crippen LogP contribution in [-0.4, -0.2) is 27.7 Å². The molecule has 0 spiro atoms. The number of anilines is 1. The van der Waals surface area contributed by atoms with Gasteiger partial charge in [-0.1, -0.05) is 42.5 Å². The minimum atomic E-state index is -0.439. The van der Waals surface area contributed by atoms with Gasteiger partial charge < -0.3 is 4.74 Å². The first-order valence-electron chi connectivity index (χ1n) is 8.10. The number of methoxy groups -OCH3 is 1. The van der Waals surface area contributed by atoms with Crippen molar-refractivity contribution in [2.75, 3.05) is 12.5 Å². The number of hydrazone groups is 1. The first-order chi connectivity index (χ1) is 13.1. The highest BCUT2D eigenvalue weighted by molar-refractivity contribution is 5.99. The molecule has 2 aromatic carbocycles. The largest absolute Gasteiger partial charge is 0.481 e. The number of rotatable bonds is 6. The third kappa shape index (κ3) is 4.43. The Morgan fingerprint density at radius 2 is 1.89 bits per heavy atom. The minimum Gasteiger partial charge on any atom is -0.481 e. The number of aromatic nitrogens is 2. The van der Waals surface area contributed by atoms with Gasteiger partial charge in [0.1, 0.15) is 0 Å². The maximum absolute atomic E-state index is 10.9. The van der Waals surface area contributed by atoms with Crippen molar-refractivity contribution in [1.82, 2.24) is 9.97 Å². The van der Waals surface area contributed by atoms with Gasteiger partial charge in [-0.2, -0.15) is 10.1 Å². The maximum Gasteiger partial charge on any atom is 0.270 e. The molecule has 0 unspecified atom stereocenters. The molecule has 1 N–H and O–H groups in total. The van der Waals surface area contributed by atoms with E-state index in [1.54, 1.807) is 25.1 Å². The summed E-state index contributed by atoms with van der Waals surface area (Å²) in [7, 11) is 1.53. The summed E-state index contributed by atoms with van der Waals surface area (Å²) in [5.74, 6) is 1.35. The van der Waals surface area contributed by atoms with Gasteiger partial charge in [0.15, 0.2) is 11.6 Å². The third-order valence-corrected chi connectivity index (χ3v) is 3.76. The Morgan fingerprint density at radius 1 is 1.11 bits per heavy atom. The molecule has 8 heteroatoms. The van der Waals surface area contributed by atoms with Crippen molar-refractivity contribution in [2.45, 2.75) is 6.92 Å². The van der Waals surface area contributed by atoms with E-state index in [1.165, 1.54) is 19.2 Å². The fraction of sp³-hybridized carbons (Fsp3) is 0.105. The number of ether oxygens (including phenoxy) is 1. The number of benzene rings is 2. The molecule has 0 aliphatic rings. The number of nitrogens with one attached hydrogen (secondary N) is 1. The fourth-order valence-electron chi connectivity index (χ4n) is 2.35. The summed E-state index contributed by atoms with van der Waals surface area (Å²) in [5, 5.41) is 15.2. The van der Waals surface area contributed by atoms with Crippen molar-refractivity contribution in [3.8, 4) is 17.3 Å². The highest BCUT2D eigenvalue weighted by atomic mass is 16.6. The zero-order chi connectivity index (χ0) is 19.2. The molecule has 27 heavy (non-hydrogen) atoms. The monoisotopic (exact) mass is 363 g/mol. The number of nitro benzene ring substituents is 1. The number of hydrogen-bond donors (Lipinski definition) is 1. The molecule has 0 aliphatic carbocycles. The van der Waals surface area contributed by atoms with Crippen LogP contribution < -0.4 is 10.2 Å². The molecule has 0 bridgehead atoms. The first-order valence-corrected chi connectivity index (χ1v) is 8.10. The molecule has 0 saturated carbocycles. The molecule has 0 atom stereocenters. The predicted octanol–water partition coefficient (Wildman–Crippen LogP) is 3.90. The van der Waals surface area contributed by atoms with E-state index in [1.807, 2.05) is 30.3 Å². The average Bonchev–Trinajstić information content (AvgIpc) is 2.72. The van der Waals surface area contributed by atoms with E-state index in [-0.39, 0.29) is 5.69 Å². The fourth-order valence-corrected chi connectivity index (χ4v) is 2.35. The molecule has 0 amide bonds. The van der Waals surface area contributed by atoms with Crippen molar-refractivity contribution in [3.05, 3.63) is 76.3 Å². The number of hydrogen-bond acceptors (Lipinski definition) is 7. The van der Waals surface area contributed by atoms with Crippen LogP contribution in [0.2, 0.25) is 0 Å². The molecule has 0 saturated heterocycles. The van der Waals surface area contributed by atoms with E-state index in [0.717, 1.165) is 5.56 Å². The molecule has 1 heterocycles. The molecular weight excluding hydrogens is 346 g/mol. The summed E-state index contributed by atoms with van der Waals surface area (Å²) in [6, 6.07) is 17.4. The lowest BCUT2D eigenvalue weighted by Gasteiger charge is -2.08. The summed E-state index contributed by atoms with van der Waals surface area (Å²) in [5.41, 5.74) is 4.94. The second kappa shape index (κ2) is 8.05. The van der Waals surface area contributed by atoms with Gasteiger partial charge in [0.25, 0.3) is 5.69 Å². The van der Waals surface area contributed by atoms with E-state index in [0.29, 0.717) is 28.8 Å². The van der Waals surface area contributed by atoms with Crippen LogP contribution in [0, 0.1) is 10.1 Å². The van der Waals surface area contributed by atoms with E-state index >= 15 is 0 Å². The summed E-state index contributed by atoms with van der Waals surface area (Å²) < 4.78 is 5.24. The average molecular weight is 363 g/mol. The SMILES string of the molecule is COc1cc(N/N=C(/C)c2cccc([N+](=O)[O-])c2)nc(-c2ccccc2)n1. The lowest BCUT2D eigenvalue weighted by atomic mass is 10.1. The van der Waals surface area contributed by atoms with Gasteiger partial charge in [0, 0.05) is 29.3 Å². The Hall–Kier alpha value is -3.81. The van der Waals surface area contributed by atoms with Gasteiger partial charge >= 0.3 is 0 Å². The number of nitrogens with zero attached hydrogens (tertiary/aromatic N) is 4. The van der Waals surface area contributed by atoms with Crippen molar-refractivity contribution in [3.63, 3.8) is 0 Å². The molecule has 1 aromatic heterocycles. The second-order valence-electron chi connectivity index (χ2n) is 5.60. The molecular formula is C19H17N5O3. The molecule has 136 valence electrons. The quantitative estimate of drug-likeness (QED) is 0.405. The normalized spacial score (nSPS) is 11.1. The van der Waals surface area contributed by atoms with E-state index in [9.17, 15) is 10.1 Å². The van der Waals surface area contributed by atoms with Crippen molar-refractivity contribution < 1.29 is 9.66 Å². The van der Waals surface area contributed by atoms with Crippen LogP contribution in [0.15, 0.2) is 65.8 Å². The van der Waals surface area contributed by atoms with Gasteiger partial charge in [-0.25, -0.2) is 4.98 Å². The lowest BCUT2D eigenvalue weighted by molar-refractivity contribution is -0.384. The summed E-state index contributed by atoms with van der Waals surface area (Å²) in [6.45, 7) is 1.75. The third-order valence-electron chi connectivity index (χ3n) is 3.76. The maximum atomic E-state index is 10.9. The zero-order valence-corrected chi connectivity index (χ0v) is 14.8. The van der Waals surface area contributed by atoms with Crippen LogP contribution in [0.1, 0.15) is 12.5 Å². The van der Waals surface area contributed by atoms with Gasteiger partial charge in [-0.3, -0.25) is 15.5 Å². The molecule has 0 radical (unpaired) electrons. The van der Waals surface area contributed by atoms with Gasteiger partial charge in [-0.05, 0) is 6.92 Å². The van der Waals surface area contributed by atoms with Crippen LogP contribution in [0.3, 0.4) is 0 Å². The lowest BCUT2D eigenvalue weighted by Crippen LogP contribution is -2.03. The summed E-state index contributed by atoms with van der Waals surface area (Å²) in [6.07, 6.45) is 0. The smallest absolute Gasteiger partial charge is 0.270 e. The van der Waals surface area contributed by atoms with Crippen LogP contribution in [0.25, 0.3) is 11.4 Å². The number of nitro groups is 1. The van der Waals surface area contributed by atoms with E-state index in [2.05, 4.69) is 20.5 Å². The Bertz CT molecular complexity index is 990. The van der Waals surface area contributed by atoms with Crippen LogP contribution >= 0.6 is 0 Å². The Balaban J connectivity index is 1.88. The molecule has 0 fully saturated rings. The van der Waals surface area contributed by atoms with Gasteiger partial charge in [-0.15, -0.1) is 0 Å². The van der Waals surface area contributed by atoms with Crippen LogP contribution in [0.4, 0.5) is 11.5 Å². The van der Waals surface area contributed by atoms with Crippen LogP contribution in [-0.2, 0) is 0 Å². The standard InChI is InChI=1S/C19H17N5O3/c1-13(15-9-6-10-16(11-15)24(25)26)22-23-17-12-18(27-2)21-19(20-17)14-7-4-3-5-8-14/h3-12H,1-2H3,(H,20,21,23)/b22-13-. The highest BCUT2D eigenvalue weighted by Crippen LogP contribution is 2.21.